The summed E-state index contributed by atoms with van der Waals surface area (Å²) in [7, 11) is 0. The maximum Gasteiger partial charge on any atom is 0.324 e. The van der Waals surface area contributed by atoms with Gasteiger partial charge in [0.15, 0.2) is 0 Å². The summed E-state index contributed by atoms with van der Waals surface area (Å²) >= 11 is 1.46. The van der Waals surface area contributed by atoms with Crippen LogP contribution in [0.4, 0.5) is 0 Å². The minimum Gasteiger partial charge on any atom is -0.480 e. The SMILES string of the molecule is CCNC(C)(CSC(C)CO)C(=O)O. The standard InChI is InChI=1S/C9H19NO3S/c1-4-10-9(3,8(12)13)6-14-7(2)5-11/h7,10-11H,4-6H2,1-3H3,(H,12,13). The Morgan fingerprint density at radius 1 is 1.64 bits per heavy atom. The lowest BCUT2D eigenvalue weighted by molar-refractivity contribution is -0.143. The maximum absolute atomic E-state index is 11.0. The molecule has 0 saturated carbocycles. The van der Waals surface area contributed by atoms with Gasteiger partial charge in [-0.25, -0.2) is 0 Å². The summed E-state index contributed by atoms with van der Waals surface area (Å²) in [6, 6.07) is 0. The fourth-order valence-corrected chi connectivity index (χ4v) is 1.89. The second-order valence-corrected chi connectivity index (χ2v) is 4.90. The average molecular weight is 221 g/mol. The average Bonchev–Trinajstić information content (AvgIpc) is 2.14. The zero-order chi connectivity index (χ0) is 11.2. The van der Waals surface area contributed by atoms with Gasteiger partial charge in [-0.3, -0.25) is 4.79 Å². The van der Waals surface area contributed by atoms with Gasteiger partial charge in [0.1, 0.15) is 5.54 Å². The molecule has 84 valence electrons. The maximum atomic E-state index is 11.0. The molecule has 0 aliphatic rings. The van der Waals surface area contributed by atoms with Crippen molar-refractivity contribution in [1.82, 2.24) is 5.32 Å². The van der Waals surface area contributed by atoms with Crippen molar-refractivity contribution in [3.63, 3.8) is 0 Å². The van der Waals surface area contributed by atoms with Crippen molar-refractivity contribution in [1.29, 1.82) is 0 Å². The smallest absolute Gasteiger partial charge is 0.324 e. The molecule has 0 aliphatic carbocycles. The van der Waals surface area contributed by atoms with Crippen LogP contribution in [0.15, 0.2) is 0 Å². The Morgan fingerprint density at radius 3 is 2.57 bits per heavy atom. The molecule has 5 heteroatoms. The predicted octanol–water partition coefficient (Wildman–Crippen LogP) is 0.553. The number of aliphatic carboxylic acids is 1. The Morgan fingerprint density at radius 2 is 2.21 bits per heavy atom. The van der Waals surface area contributed by atoms with Crippen LogP contribution < -0.4 is 5.32 Å². The van der Waals surface area contributed by atoms with Gasteiger partial charge in [-0.05, 0) is 13.5 Å². The summed E-state index contributed by atoms with van der Waals surface area (Å²) in [5, 5.41) is 20.8. The van der Waals surface area contributed by atoms with Crippen LogP contribution in [0.2, 0.25) is 0 Å². The lowest BCUT2D eigenvalue weighted by Crippen LogP contribution is -2.51. The number of hydrogen-bond acceptors (Lipinski definition) is 4. The second-order valence-electron chi connectivity index (χ2n) is 3.47. The van der Waals surface area contributed by atoms with Gasteiger partial charge in [0, 0.05) is 11.0 Å². The highest BCUT2D eigenvalue weighted by Gasteiger charge is 2.32. The number of aliphatic hydroxyl groups excluding tert-OH is 1. The lowest BCUT2D eigenvalue weighted by atomic mass is 10.1. The number of aliphatic hydroxyl groups is 1. The molecule has 0 amide bonds. The van der Waals surface area contributed by atoms with Crippen molar-refractivity contribution >= 4 is 17.7 Å². The van der Waals surface area contributed by atoms with Crippen LogP contribution in [-0.4, -0.2) is 45.9 Å². The van der Waals surface area contributed by atoms with Crippen molar-refractivity contribution in [2.24, 2.45) is 0 Å². The van der Waals surface area contributed by atoms with E-state index in [2.05, 4.69) is 5.32 Å². The van der Waals surface area contributed by atoms with E-state index in [-0.39, 0.29) is 11.9 Å². The molecule has 2 unspecified atom stereocenters. The lowest BCUT2D eigenvalue weighted by Gasteiger charge is -2.26. The van der Waals surface area contributed by atoms with Crippen LogP contribution in [0, 0.1) is 0 Å². The van der Waals surface area contributed by atoms with E-state index in [1.165, 1.54) is 11.8 Å². The van der Waals surface area contributed by atoms with Gasteiger partial charge >= 0.3 is 5.97 Å². The van der Waals surface area contributed by atoms with Gasteiger partial charge in [-0.1, -0.05) is 13.8 Å². The molecule has 0 saturated heterocycles. The summed E-state index contributed by atoms with van der Waals surface area (Å²) in [6.07, 6.45) is 0. The Hall–Kier alpha value is -0.260. The molecule has 0 fully saturated rings. The van der Waals surface area contributed by atoms with E-state index >= 15 is 0 Å². The van der Waals surface area contributed by atoms with E-state index in [0.29, 0.717) is 12.3 Å². The zero-order valence-corrected chi connectivity index (χ0v) is 9.73. The molecule has 0 rings (SSSR count). The molecular formula is C9H19NO3S. The molecule has 0 radical (unpaired) electrons. The van der Waals surface area contributed by atoms with Crippen LogP contribution in [0.5, 0.6) is 0 Å². The molecule has 0 aromatic heterocycles. The van der Waals surface area contributed by atoms with Gasteiger partial charge in [0.2, 0.25) is 0 Å². The number of carboxylic acid groups (broad SMARTS) is 1. The van der Waals surface area contributed by atoms with E-state index in [9.17, 15) is 4.79 Å². The number of likely N-dealkylation sites (N-methyl/N-ethyl adjacent to an activating group) is 1. The van der Waals surface area contributed by atoms with Crippen LogP contribution in [0.3, 0.4) is 0 Å². The van der Waals surface area contributed by atoms with Crippen LogP contribution in [0.25, 0.3) is 0 Å². The summed E-state index contributed by atoms with van der Waals surface area (Å²) in [6.45, 7) is 6.11. The molecular weight excluding hydrogens is 202 g/mol. The Bertz CT molecular complexity index is 189. The number of carbonyl (C=O) groups is 1. The quantitative estimate of drug-likeness (QED) is 0.586. The van der Waals surface area contributed by atoms with Crippen LogP contribution in [-0.2, 0) is 4.79 Å². The first kappa shape index (κ1) is 13.7. The summed E-state index contributed by atoms with van der Waals surface area (Å²) in [5.74, 6) is -0.394. The number of thioether (sulfide) groups is 1. The first-order valence-corrected chi connectivity index (χ1v) is 5.72. The van der Waals surface area contributed by atoms with E-state index in [0.717, 1.165) is 0 Å². The summed E-state index contributed by atoms with van der Waals surface area (Å²) < 4.78 is 0. The first-order chi connectivity index (χ1) is 6.46. The van der Waals surface area contributed by atoms with Gasteiger partial charge in [0.05, 0.1) is 6.61 Å². The van der Waals surface area contributed by atoms with E-state index in [1.807, 2.05) is 13.8 Å². The number of hydrogen-bond donors (Lipinski definition) is 3. The molecule has 0 aliphatic heterocycles. The predicted molar refractivity (Wildman–Crippen MR) is 58.7 cm³/mol. The third kappa shape index (κ3) is 4.30. The van der Waals surface area contributed by atoms with E-state index < -0.39 is 11.5 Å². The zero-order valence-electron chi connectivity index (χ0n) is 8.91. The highest BCUT2D eigenvalue weighted by atomic mass is 32.2. The van der Waals surface area contributed by atoms with Crippen molar-refractivity contribution in [2.75, 3.05) is 18.9 Å². The highest BCUT2D eigenvalue weighted by molar-refractivity contribution is 8.00. The third-order valence-corrected chi connectivity index (χ3v) is 3.41. The summed E-state index contributed by atoms with van der Waals surface area (Å²) in [5.41, 5.74) is -0.900. The van der Waals surface area contributed by atoms with E-state index in [1.54, 1.807) is 6.92 Å². The van der Waals surface area contributed by atoms with Crippen LogP contribution in [0.1, 0.15) is 20.8 Å². The second kappa shape index (κ2) is 6.27. The molecule has 0 aromatic carbocycles. The van der Waals surface area contributed by atoms with Crippen LogP contribution >= 0.6 is 11.8 Å². The minimum absolute atomic E-state index is 0.0759. The van der Waals surface area contributed by atoms with Gasteiger partial charge in [-0.15, -0.1) is 0 Å². The topological polar surface area (TPSA) is 69.6 Å². The Balaban J connectivity index is 4.16. The Labute approximate surface area is 89.1 Å². The monoisotopic (exact) mass is 221 g/mol. The molecule has 3 N–H and O–H groups in total. The number of carboxylic acids is 1. The Kier molecular flexibility index (Phi) is 6.15. The van der Waals surface area contributed by atoms with Crippen molar-refractivity contribution in [3.05, 3.63) is 0 Å². The highest BCUT2D eigenvalue weighted by Crippen LogP contribution is 2.17. The number of rotatable bonds is 7. The van der Waals surface area contributed by atoms with Gasteiger partial charge in [0.25, 0.3) is 0 Å². The molecule has 0 spiro atoms. The fourth-order valence-electron chi connectivity index (χ4n) is 0.940. The van der Waals surface area contributed by atoms with Gasteiger partial charge < -0.3 is 15.5 Å². The third-order valence-electron chi connectivity index (χ3n) is 1.95. The molecule has 0 aromatic rings. The molecule has 4 nitrogen and oxygen atoms in total. The van der Waals surface area contributed by atoms with Crippen molar-refractivity contribution in [2.45, 2.75) is 31.6 Å². The molecule has 2 atom stereocenters. The minimum atomic E-state index is -0.900. The normalized spacial score (nSPS) is 17.4. The van der Waals surface area contributed by atoms with E-state index in [4.69, 9.17) is 10.2 Å². The van der Waals surface area contributed by atoms with Crippen molar-refractivity contribution < 1.29 is 15.0 Å². The fraction of sp³-hybridized carbons (Fsp3) is 0.889. The molecule has 0 heterocycles. The molecule has 14 heavy (non-hydrogen) atoms. The molecule has 0 bridgehead atoms. The first-order valence-electron chi connectivity index (χ1n) is 4.67. The van der Waals surface area contributed by atoms with Crippen molar-refractivity contribution in [3.8, 4) is 0 Å². The van der Waals surface area contributed by atoms with Gasteiger partial charge in [-0.2, -0.15) is 11.8 Å². The number of nitrogens with one attached hydrogen (secondary N) is 1. The largest absolute Gasteiger partial charge is 0.480 e. The summed E-state index contributed by atoms with van der Waals surface area (Å²) in [4.78, 5) is 11.0.